The molecule has 204 valence electrons. The molecule has 0 aliphatic rings. The highest BCUT2D eigenvalue weighted by molar-refractivity contribution is 6.33. The van der Waals surface area contributed by atoms with Gasteiger partial charge in [0.05, 0.1) is 0 Å². The number of nitrogens with zero attached hydrogens (tertiary/aromatic N) is 6. The fraction of sp³-hybridized carbons (Fsp3) is 0.417. The fourth-order valence-corrected chi connectivity index (χ4v) is 3.76. The lowest BCUT2D eigenvalue weighted by Crippen LogP contribution is -2.18. The quantitative estimate of drug-likeness (QED) is 0.233. The summed E-state index contributed by atoms with van der Waals surface area (Å²) in [5.74, 6) is 0.798. The number of aliphatic hydroxyl groups excluding tert-OH is 2. The molecular formula is C24H26Cl4N6O4. The van der Waals surface area contributed by atoms with Crippen molar-refractivity contribution in [2.75, 3.05) is 0 Å². The summed E-state index contributed by atoms with van der Waals surface area (Å²) in [6.45, 7) is 11.3. The molecule has 0 fully saturated rings. The first-order chi connectivity index (χ1) is 17.5. The van der Waals surface area contributed by atoms with E-state index in [1.807, 2.05) is 41.5 Å². The smallest absolute Gasteiger partial charge is 0.248 e. The molecule has 4 aromatic rings. The Kier molecular flexibility index (Phi) is 9.39. The number of halogens is 4. The molecule has 4 aromatic heterocycles. The van der Waals surface area contributed by atoms with Crippen LogP contribution >= 0.6 is 46.4 Å². The van der Waals surface area contributed by atoms with E-state index in [9.17, 15) is 10.2 Å². The number of rotatable bonds is 4. The van der Waals surface area contributed by atoms with Crippen LogP contribution in [0.25, 0.3) is 22.9 Å². The van der Waals surface area contributed by atoms with E-state index in [1.165, 1.54) is 0 Å². The zero-order valence-corrected chi connectivity index (χ0v) is 24.4. The SMILES string of the molecule is CC(C)(C)[C@@H](O)c1nnc(-c2cc(Cl)nc(Cl)c2)o1.CC(C)(C)[C@H](O)c1nnc(-c2cc(Cl)nc(Cl)c2)o1. The summed E-state index contributed by atoms with van der Waals surface area (Å²) in [6, 6.07) is 6.25. The molecule has 2 N–H and O–H groups in total. The van der Waals surface area contributed by atoms with Crippen LogP contribution in [0.3, 0.4) is 0 Å². The maximum absolute atomic E-state index is 10.1. The van der Waals surface area contributed by atoms with Gasteiger partial charge in [-0.25, -0.2) is 9.97 Å². The average Bonchev–Trinajstić information content (AvgIpc) is 3.46. The van der Waals surface area contributed by atoms with Crippen LogP contribution in [0, 0.1) is 10.8 Å². The van der Waals surface area contributed by atoms with Gasteiger partial charge in [0.1, 0.15) is 32.8 Å². The zero-order chi connectivity index (χ0) is 28.4. The molecule has 0 aromatic carbocycles. The van der Waals surface area contributed by atoms with Crippen molar-refractivity contribution in [3.05, 3.63) is 56.7 Å². The fourth-order valence-electron chi connectivity index (χ4n) is 2.84. The summed E-state index contributed by atoms with van der Waals surface area (Å²) in [6.07, 6.45) is -1.69. The number of hydrogen-bond donors (Lipinski definition) is 2. The van der Waals surface area contributed by atoms with Gasteiger partial charge >= 0.3 is 0 Å². The predicted molar refractivity (Wildman–Crippen MR) is 144 cm³/mol. The van der Waals surface area contributed by atoms with E-state index in [1.54, 1.807) is 24.3 Å². The van der Waals surface area contributed by atoms with Crippen molar-refractivity contribution in [1.82, 2.24) is 30.4 Å². The van der Waals surface area contributed by atoms with E-state index in [-0.39, 0.29) is 44.2 Å². The van der Waals surface area contributed by atoms with E-state index < -0.39 is 23.0 Å². The van der Waals surface area contributed by atoms with E-state index in [0.29, 0.717) is 11.1 Å². The highest BCUT2D eigenvalue weighted by Gasteiger charge is 2.30. The Bertz CT molecular complexity index is 1250. The molecule has 2 atom stereocenters. The molecule has 0 radical (unpaired) electrons. The summed E-state index contributed by atoms with van der Waals surface area (Å²) >= 11 is 23.2. The molecule has 0 amide bonds. The highest BCUT2D eigenvalue weighted by Crippen LogP contribution is 2.34. The molecular weight excluding hydrogens is 578 g/mol. The molecule has 0 aliphatic heterocycles. The van der Waals surface area contributed by atoms with Gasteiger partial charge in [-0.3, -0.25) is 0 Å². The third-order valence-electron chi connectivity index (χ3n) is 5.01. The van der Waals surface area contributed by atoms with Crippen molar-refractivity contribution >= 4 is 46.4 Å². The predicted octanol–water partition coefficient (Wildman–Crippen LogP) is 7.04. The molecule has 10 nitrogen and oxygen atoms in total. The summed E-state index contributed by atoms with van der Waals surface area (Å²) in [5.41, 5.74) is 0.337. The second-order valence-corrected chi connectivity index (χ2v) is 12.0. The van der Waals surface area contributed by atoms with Crippen molar-refractivity contribution in [2.45, 2.75) is 53.8 Å². The Labute approximate surface area is 239 Å². The second kappa shape index (κ2) is 11.8. The number of hydrogen-bond acceptors (Lipinski definition) is 10. The van der Waals surface area contributed by atoms with Crippen molar-refractivity contribution in [3.8, 4) is 22.9 Å². The van der Waals surface area contributed by atoms with Crippen LogP contribution in [-0.2, 0) is 0 Å². The maximum atomic E-state index is 10.1. The van der Waals surface area contributed by atoms with Gasteiger partial charge in [0.15, 0.2) is 0 Å². The Morgan fingerprint density at radius 2 is 0.868 bits per heavy atom. The van der Waals surface area contributed by atoms with E-state index >= 15 is 0 Å². The topological polar surface area (TPSA) is 144 Å². The molecule has 0 aliphatic carbocycles. The molecule has 0 saturated heterocycles. The molecule has 4 rings (SSSR count). The minimum absolute atomic E-state index is 0.159. The van der Waals surface area contributed by atoms with Gasteiger partial charge in [0.2, 0.25) is 23.6 Å². The molecule has 0 spiro atoms. The number of aromatic nitrogens is 6. The van der Waals surface area contributed by atoms with Gasteiger partial charge < -0.3 is 19.0 Å². The second-order valence-electron chi connectivity index (χ2n) is 10.4. The third kappa shape index (κ3) is 7.84. The number of aliphatic hydroxyl groups is 2. The zero-order valence-electron chi connectivity index (χ0n) is 21.4. The largest absolute Gasteiger partial charge is 0.418 e. The van der Waals surface area contributed by atoms with Crippen LogP contribution in [0.1, 0.15) is 65.5 Å². The van der Waals surface area contributed by atoms with Crippen LogP contribution in [-0.4, -0.2) is 40.6 Å². The monoisotopic (exact) mass is 602 g/mol. The average molecular weight is 604 g/mol. The van der Waals surface area contributed by atoms with Gasteiger partial charge in [-0.1, -0.05) is 87.9 Å². The first-order valence-electron chi connectivity index (χ1n) is 11.2. The lowest BCUT2D eigenvalue weighted by molar-refractivity contribution is 0.0391. The summed E-state index contributed by atoms with van der Waals surface area (Å²) < 4.78 is 10.9. The number of pyridine rings is 2. The van der Waals surface area contributed by atoms with E-state index in [2.05, 4.69) is 30.4 Å². The molecule has 38 heavy (non-hydrogen) atoms. The Hall–Kier alpha value is -2.34. The van der Waals surface area contributed by atoms with Crippen molar-refractivity contribution in [3.63, 3.8) is 0 Å². The van der Waals surface area contributed by atoms with E-state index in [4.69, 9.17) is 55.2 Å². The van der Waals surface area contributed by atoms with Crippen LogP contribution in [0.5, 0.6) is 0 Å². The van der Waals surface area contributed by atoms with Gasteiger partial charge in [0, 0.05) is 11.1 Å². The van der Waals surface area contributed by atoms with Crippen molar-refractivity contribution in [1.29, 1.82) is 0 Å². The molecule has 0 unspecified atom stereocenters. The highest BCUT2D eigenvalue weighted by atomic mass is 35.5. The Morgan fingerprint density at radius 1 is 0.579 bits per heavy atom. The third-order valence-corrected chi connectivity index (χ3v) is 5.78. The first kappa shape index (κ1) is 30.2. The lowest BCUT2D eigenvalue weighted by Gasteiger charge is -2.22. The van der Waals surface area contributed by atoms with Gasteiger partial charge in [-0.05, 0) is 35.1 Å². The standard InChI is InChI=1S/2C12H13Cl2N3O2/c2*1-12(2,3)9(18)11-17-16-10(19-11)6-4-7(13)15-8(14)5-6/h2*4-5,9,18H,1-3H3/t2*9-/m10/s1. The lowest BCUT2D eigenvalue weighted by atomic mass is 9.89. The molecule has 4 heterocycles. The Morgan fingerprint density at radius 3 is 1.13 bits per heavy atom. The minimum atomic E-state index is -0.846. The van der Waals surface area contributed by atoms with Crippen LogP contribution in [0.4, 0.5) is 0 Å². The van der Waals surface area contributed by atoms with Crippen LogP contribution < -0.4 is 0 Å². The van der Waals surface area contributed by atoms with Gasteiger partial charge in [-0.15, -0.1) is 20.4 Å². The Balaban J connectivity index is 0.000000211. The normalized spacial score (nSPS) is 13.6. The first-order valence-corrected chi connectivity index (χ1v) is 12.8. The van der Waals surface area contributed by atoms with Crippen LogP contribution in [0.15, 0.2) is 33.1 Å². The summed E-state index contributed by atoms with van der Waals surface area (Å²) in [5, 5.41) is 36.5. The van der Waals surface area contributed by atoms with Gasteiger partial charge in [-0.2, -0.15) is 0 Å². The van der Waals surface area contributed by atoms with Gasteiger partial charge in [0.25, 0.3) is 0 Å². The van der Waals surface area contributed by atoms with Crippen LogP contribution in [0.2, 0.25) is 20.6 Å². The summed E-state index contributed by atoms with van der Waals surface area (Å²) in [7, 11) is 0. The maximum Gasteiger partial charge on any atom is 0.248 e. The van der Waals surface area contributed by atoms with Crippen molar-refractivity contribution in [2.24, 2.45) is 10.8 Å². The van der Waals surface area contributed by atoms with E-state index in [0.717, 1.165) is 0 Å². The minimum Gasteiger partial charge on any atom is -0.418 e. The molecule has 14 heteroatoms. The molecule has 0 bridgehead atoms. The summed E-state index contributed by atoms with van der Waals surface area (Å²) in [4.78, 5) is 7.67. The van der Waals surface area contributed by atoms with Crippen molar-refractivity contribution < 1.29 is 19.0 Å². The molecule has 0 saturated carbocycles.